The van der Waals surface area contributed by atoms with E-state index in [1.165, 1.54) is 20.0 Å². The van der Waals surface area contributed by atoms with Gasteiger partial charge in [-0.25, -0.2) is 13.7 Å². The van der Waals surface area contributed by atoms with Crippen LogP contribution in [0.25, 0.3) is 0 Å². The molecule has 0 saturated carbocycles. The maximum Gasteiger partial charge on any atom is 0.928 e. The molecule has 234 valence electrons. The standard InChI is InChI=1S/3C10H15O3P.Al/c3*1-8(2)9-4-6-10(7-5-9)13-14(3,11)12;/h3*4-8H,1-3H3,(H,11,12);/q;;;+3/p-3. The fourth-order valence-electron chi connectivity index (χ4n) is 3.91. The van der Waals surface area contributed by atoms with Gasteiger partial charge in [-0.15, -0.1) is 0 Å². The van der Waals surface area contributed by atoms with Crippen molar-refractivity contribution >= 4 is 37.9 Å². The molecule has 0 N–H and O–H groups in total. The van der Waals surface area contributed by atoms with Crippen LogP contribution < -0.4 is 13.6 Å². The first-order chi connectivity index (χ1) is 19.9. The molecule has 0 amide bonds. The molecule has 43 heavy (non-hydrogen) atoms. The van der Waals surface area contributed by atoms with E-state index in [0.29, 0.717) is 35.0 Å². The van der Waals surface area contributed by atoms with Gasteiger partial charge in [-0.2, -0.15) is 0 Å². The number of rotatable bonds is 15. The molecular formula is C30H42AlO9P3. The van der Waals surface area contributed by atoms with Gasteiger partial charge in [-0.3, -0.25) is 0 Å². The van der Waals surface area contributed by atoms with Gasteiger partial charge in [0, 0.05) is 20.0 Å². The van der Waals surface area contributed by atoms with Gasteiger partial charge in [0.2, 0.25) is 0 Å². The summed E-state index contributed by atoms with van der Waals surface area (Å²) >= 11 is -3.78. The first-order valence-electron chi connectivity index (χ1n) is 14.1. The molecule has 13 heteroatoms. The molecule has 0 aliphatic rings. The highest BCUT2D eigenvalue weighted by Crippen LogP contribution is 2.54. The zero-order chi connectivity index (χ0) is 32.0. The van der Waals surface area contributed by atoms with Crippen LogP contribution in [0.5, 0.6) is 17.2 Å². The van der Waals surface area contributed by atoms with Crippen LogP contribution >= 0.6 is 22.8 Å². The van der Waals surface area contributed by atoms with E-state index in [0.717, 1.165) is 16.7 Å². The molecule has 3 rings (SSSR count). The quantitative estimate of drug-likeness (QED) is 0.116. The van der Waals surface area contributed by atoms with Gasteiger partial charge < -0.3 is 24.3 Å². The lowest BCUT2D eigenvalue weighted by Crippen LogP contribution is -2.26. The minimum absolute atomic E-state index is 0.297. The van der Waals surface area contributed by atoms with Crippen LogP contribution in [-0.2, 0) is 24.4 Å². The van der Waals surface area contributed by atoms with Crippen LogP contribution in [0.4, 0.5) is 0 Å². The summed E-state index contributed by atoms with van der Waals surface area (Å²) in [5, 5.41) is 0. The molecule has 3 unspecified atom stereocenters. The van der Waals surface area contributed by atoms with Gasteiger partial charge in [0.15, 0.2) is 0 Å². The Bertz CT molecular complexity index is 1290. The molecule has 3 aromatic carbocycles. The third-order valence-corrected chi connectivity index (χ3v) is 14.6. The van der Waals surface area contributed by atoms with Crippen molar-refractivity contribution in [3.63, 3.8) is 0 Å². The molecule has 0 aliphatic heterocycles. The summed E-state index contributed by atoms with van der Waals surface area (Å²) in [7, 11) is -11.8. The van der Waals surface area contributed by atoms with Gasteiger partial charge in [-0.05, 0) is 70.8 Å². The van der Waals surface area contributed by atoms with Gasteiger partial charge in [-0.1, -0.05) is 77.9 Å². The highest BCUT2D eigenvalue weighted by Gasteiger charge is 2.49. The van der Waals surface area contributed by atoms with Crippen molar-refractivity contribution in [2.45, 2.75) is 59.3 Å². The third kappa shape index (κ3) is 11.9. The minimum atomic E-state index is -3.92. The predicted octanol–water partition coefficient (Wildman–Crippen LogP) is 10.1. The van der Waals surface area contributed by atoms with E-state index in [1.807, 2.05) is 36.4 Å². The third-order valence-electron chi connectivity index (χ3n) is 6.29. The molecule has 3 atom stereocenters. The molecule has 0 aliphatic carbocycles. The first kappa shape index (κ1) is 35.6. The zero-order valence-electron chi connectivity index (χ0n) is 26.3. The van der Waals surface area contributed by atoms with E-state index in [4.69, 9.17) is 24.3 Å². The van der Waals surface area contributed by atoms with Crippen molar-refractivity contribution in [3.05, 3.63) is 89.5 Å². The highest BCUT2D eigenvalue weighted by molar-refractivity contribution is 7.58. The largest absolute Gasteiger partial charge is 0.928 e. The fourth-order valence-corrected chi connectivity index (χ4v) is 11.2. The average Bonchev–Trinajstić information content (AvgIpc) is 2.87. The van der Waals surface area contributed by atoms with Crippen molar-refractivity contribution in [2.75, 3.05) is 20.0 Å². The summed E-state index contributed by atoms with van der Waals surface area (Å²) in [6.07, 6.45) is 0. The molecule has 0 bridgehead atoms. The normalized spacial score (nSPS) is 15.9. The van der Waals surface area contributed by atoms with Crippen LogP contribution in [0.2, 0.25) is 0 Å². The lowest BCUT2D eigenvalue weighted by Gasteiger charge is -2.25. The maximum absolute atomic E-state index is 13.5. The molecule has 9 nitrogen and oxygen atoms in total. The predicted molar refractivity (Wildman–Crippen MR) is 173 cm³/mol. The lowest BCUT2D eigenvalue weighted by atomic mass is 10.0. The summed E-state index contributed by atoms with van der Waals surface area (Å²) in [5.74, 6) is 1.80. The summed E-state index contributed by atoms with van der Waals surface area (Å²) in [5.41, 5.74) is 3.23. The summed E-state index contributed by atoms with van der Waals surface area (Å²) in [6.45, 7) is 16.0. The van der Waals surface area contributed by atoms with E-state index >= 15 is 0 Å². The van der Waals surface area contributed by atoms with Crippen LogP contribution in [-0.4, -0.2) is 35.1 Å². The molecule has 0 fully saturated rings. The Morgan fingerprint density at radius 2 is 0.651 bits per heavy atom. The molecule has 0 aromatic heterocycles. The Balaban J connectivity index is 1.81. The van der Waals surface area contributed by atoms with Crippen LogP contribution in [0, 0.1) is 0 Å². The van der Waals surface area contributed by atoms with Gasteiger partial charge in [0.05, 0.1) is 0 Å². The second-order valence-corrected chi connectivity index (χ2v) is 19.6. The number of hydrogen-bond donors (Lipinski definition) is 0. The van der Waals surface area contributed by atoms with E-state index in [9.17, 15) is 13.7 Å². The second kappa shape index (κ2) is 15.0. The van der Waals surface area contributed by atoms with Crippen molar-refractivity contribution in [1.29, 1.82) is 0 Å². The summed E-state index contributed by atoms with van der Waals surface area (Å²) in [4.78, 5) is 0. The Morgan fingerprint density at radius 3 is 0.837 bits per heavy atom. The van der Waals surface area contributed by atoms with Gasteiger partial charge >= 0.3 is 37.9 Å². The Morgan fingerprint density at radius 1 is 0.442 bits per heavy atom. The number of benzene rings is 3. The average molecular weight is 667 g/mol. The lowest BCUT2D eigenvalue weighted by molar-refractivity contribution is 0.257. The number of hydrogen-bond acceptors (Lipinski definition) is 9. The van der Waals surface area contributed by atoms with Crippen LogP contribution in [0.15, 0.2) is 72.8 Å². The zero-order valence-corrected chi connectivity index (χ0v) is 30.1. The topological polar surface area (TPSA) is 107 Å². The minimum Gasteiger partial charge on any atom is -0.426 e. The van der Waals surface area contributed by atoms with E-state index in [2.05, 4.69) is 41.5 Å². The first-order valence-corrected chi connectivity index (χ1v) is 21.5. The molecular weight excluding hydrogens is 624 g/mol. The Hall–Kier alpha value is -1.84. The van der Waals surface area contributed by atoms with E-state index in [1.54, 1.807) is 36.4 Å². The maximum atomic E-state index is 13.5. The fraction of sp³-hybridized carbons (Fsp3) is 0.400. The molecule has 0 spiro atoms. The van der Waals surface area contributed by atoms with Crippen molar-refractivity contribution in [2.24, 2.45) is 0 Å². The van der Waals surface area contributed by atoms with Gasteiger partial charge in [0.25, 0.3) is 0 Å². The Kier molecular flexibility index (Phi) is 12.4. The van der Waals surface area contributed by atoms with Crippen molar-refractivity contribution in [3.8, 4) is 17.2 Å². The van der Waals surface area contributed by atoms with Crippen LogP contribution in [0.3, 0.4) is 0 Å². The van der Waals surface area contributed by atoms with Crippen molar-refractivity contribution < 1.29 is 38.0 Å². The Labute approximate surface area is 261 Å². The molecule has 0 heterocycles. The summed E-state index contributed by atoms with van der Waals surface area (Å²) < 4.78 is 74.4. The molecule has 0 radical (unpaired) electrons. The smallest absolute Gasteiger partial charge is 0.426 e. The van der Waals surface area contributed by atoms with Crippen molar-refractivity contribution in [1.82, 2.24) is 0 Å². The second-order valence-electron chi connectivity index (χ2n) is 11.4. The van der Waals surface area contributed by atoms with E-state index < -0.39 is 37.9 Å². The SMILES string of the molecule is CC(C)c1ccc(OP(C)(=O)[O][Al]([O]P(C)(=O)Oc2ccc(C(C)C)cc2)[O]P(C)(=O)Oc2ccc(C(C)C)cc2)cc1. The monoisotopic (exact) mass is 666 g/mol. The molecule has 0 saturated heterocycles. The highest BCUT2D eigenvalue weighted by atomic mass is 31.2. The van der Waals surface area contributed by atoms with E-state index in [-0.39, 0.29) is 0 Å². The van der Waals surface area contributed by atoms with Gasteiger partial charge in [0.1, 0.15) is 17.2 Å². The molecule has 3 aromatic rings. The summed E-state index contributed by atoms with van der Waals surface area (Å²) in [6, 6.07) is 21.2. The van der Waals surface area contributed by atoms with Crippen LogP contribution in [0.1, 0.15) is 76.0 Å².